The van der Waals surface area contributed by atoms with Crippen LogP contribution < -0.4 is 20.3 Å². The van der Waals surface area contributed by atoms with Crippen molar-refractivity contribution in [2.45, 2.75) is 26.4 Å². The van der Waals surface area contributed by atoms with Crippen molar-refractivity contribution in [1.29, 1.82) is 0 Å². The number of para-hydroxylation sites is 1. The lowest BCUT2D eigenvalue weighted by atomic mass is 10.2. The Balaban J connectivity index is 1.52. The molecule has 0 aliphatic carbocycles. The molecule has 0 bridgehead atoms. The number of ether oxygens (including phenoxy) is 2. The van der Waals surface area contributed by atoms with Crippen LogP contribution in [0.3, 0.4) is 0 Å². The summed E-state index contributed by atoms with van der Waals surface area (Å²) in [6.07, 6.45) is 2.54. The predicted octanol–water partition coefficient (Wildman–Crippen LogP) is 2.61. The summed E-state index contributed by atoms with van der Waals surface area (Å²) in [4.78, 5) is 26.5. The summed E-state index contributed by atoms with van der Waals surface area (Å²) >= 11 is 1.67. The molecule has 4 aromatic rings. The first-order valence-electron chi connectivity index (χ1n) is 9.51. The van der Waals surface area contributed by atoms with E-state index in [1.165, 1.54) is 9.56 Å². The predicted molar refractivity (Wildman–Crippen MR) is 116 cm³/mol. The second-order valence-corrected chi connectivity index (χ2v) is 7.91. The van der Waals surface area contributed by atoms with Crippen molar-refractivity contribution >= 4 is 33.0 Å². The van der Waals surface area contributed by atoms with Gasteiger partial charge in [-0.15, -0.1) is 11.3 Å². The van der Waals surface area contributed by atoms with Gasteiger partial charge in [-0.05, 0) is 24.6 Å². The van der Waals surface area contributed by atoms with E-state index in [2.05, 4.69) is 23.4 Å². The Bertz CT molecular complexity index is 1290. The molecule has 0 spiro atoms. The second-order valence-electron chi connectivity index (χ2n) is 6.74. The molecule has 0 fully saturated rings. The van der Waals surface area contributed by atoms with Crippen LogP contribution in [0.4, 0.5) is 0 Å². The zero-order valence-corrected chi connectivity index (χ0v) is 17.8. The molecule has 1 N–H and O–H groups in total. The molecule has 3 aromatic heterocycles. The van der Waals surface area contributed by atoms with Gasteiger partial charge in [-0.1, -0.05) is 19.1 Å². The topological polar surface area (TPSA) is 86.9 Å². The van der Waals surface area contributed by atoms with Gasteiger partial charge in [0, 0.05) is 17.0 Å². The first kappa shape index (κ1) is 20.0. The summed E-state index contributed by atoms with van der Waals surface area (Å²) in [5, 5.41) is 6.99. The molecule has 1 aromatic carbocycles. The average Bonchev–Trinajstić information content (AvgIpc) is 3.32. The summed E-state index contributed by atoms with van der Waals surface area (Å²) in [6.45, 7) is 2.18. The van der Waals surface area contributed by atoms with E-state index in [1.807, 2.05) is 18.2 Å². The number of carbonyl (C=O) groups excluding carboxylic acids is 1. The van der Waals surface area contributed by atoms with E-state index in [0.29, 0.717) is 17.0 Å². The van der Waals surface area contributed by atoms with Crippen LogP contribution in [-0.4, -0.2) is 34.3 Å². The lowest BCUT2D eigenvalue weighted by Crippen LogP contribution is -2.34. The van der Waals surface area contributed by atoms with Gasteiger partial charge in [-0.2, -0.15) is 5.10 Å². The maximum atomic E-state index is 12.8. The van der Waals surface area contributed by atoms with E-state index in [-0.39, 0.29) is 24.6 Å². The number of methoxy groups -OCH3 is 2. The van der Waals surface area contributed by atoms with Crippen molar-refractivity contribution in [2.24, 2.45) is 0 Å². The van der Waals surface area contributed by atoms with Crippen LogP contribution in [0.15, 0.2) is 41.5 Å². The number of benzene rings is 1. The van der Waals surface area contributed by atoms with Crippen molar-refractivity contribution < 1.29 is 14.3 Å². The van der Waals surface area contributed by atoms with Crippen molar-refractivity contribution in [3.63, 3.8) is 0 Å². The van der Waals surface area contributed by atoms with Crippen LogP contribution in [-0.2, 0) is 24.3 Å². The SMILES string of the molecule is CCc1cc2c(cc3c(=O)n(CC(=O)NCc4cccc(OC)c4OC)ncn32)s1. The number of hydrogen-bond acceptors (Lipinski definition) is 6. The van der Waals surface area contributed by atoms with Gasteiger partial charge in [0.25, 0.3) is 5.56 Å². The zero-order chi connectivity index (χ0) is 21.3. The third kappa shape index (κ3) is 3.52. The van der Waals surface area contributed by atoms with Crippen LogP contribution >= 0.6 is 11.3 Å². The molecule has 3 heterocycles. The van der Waals surface area contributed by atoms with E-state index >= 15 is 0 Å². The summed E-state index contributed by atoms with van der Waals surface area (Å²) in [6, 6.07) is 9.39. The van der Waals surface area contributed by atoms with Crippen molar-refractivity contribution in [3.8, 4) is 11.5 Å². The summed E-state index contributed by atoms with van der Waals surface area (Å²) in [5.74, 6) is 0.837. The fourth-order valence-corrected chi connectivity index (χ4v) is 4.44. The number of thiophene rings is 1. The smallest absolute Gasteiger partial charge is 0.291 e. The van der Waals surface area contributed by atoms with Gasteiger partial charge in [-0.3, -0.25) is 14.0 Å². The highest BCUT2D eigenvalue weighted by molar-refractivity contribution is 7.19. The molecular formula is C21H22N4O4S. The summed E-state index contributed by atoms with van der Waals surface area (Å²) < 4.78 is 14.7. The Morgan fingerprint density at radius 1 is 1.20 bits per heavy atom. The maximum Gasteiger partial charge on any atom is 0.291 e. The molecule has 156 valence electrons. The molecule has 8 nitrogen and oxygen atoms in total. The molecule has 0 saturated heterocycles. The fourth-order valence-electron chi connectivity index (χ4n) is 3.42. The third-order valence-corrected chi connectivity index (χ3v) is 6.16. The number of nitrogens with one attached hydrogen (secondary N) is 1. The first-order valence-corrected chi connectivity index (χ1v) is 10.3. The monoisotopic (exact) mass is 426 g/mol. The molecule has 0 aliphatic heterocycles. The number of nitrogens with zero attached hydrogens (tertiary/aromatic N) is 3. The van der Waals surface area contributed by atoms with E-state index in [9.17, 15) is 9.59 Å². The van der Waals surface area contributed by atoms with Crippen LogP contribution in [0.2, 0.25) is 0 Å². The van der Waals surface area contributed by atoms with Crippen LogP contribution in [0, 0.1) is 0 Å². The highest BCUT2D eigenvalue weighted by Crippen LogP contribution is 2.30. The van der Waals surface area contributed by atoms with Crippen molar-refractivity contribution in [2.75, 3.05) is 14.2 Å². The quantitative estimate of drug-likeness (QED) is 0.491. The van der Waals surface area contributed by atoms with Crippen LogP contribution in [0.5, 0.6) is 11.5 Å². The van der Waals surface area contributed by atoms with E-state index < -0.39 is 0 Å². The van der Waals surface area contributed by atoms with Crippen molar-refractivity contribution in [3.05, 3.63) is 57.5 Å². The molecule has 0 radical (unpaired) electrons. The number of carbonyl (C=O) groups is 1. The zero-order valence-electron chi connectivity index (χ0n) is 17.0. The number of aromatic nitrogens is 3. The van der Waals surface area contributed by atoms with Gasteiger partial charge in [0.2, 0.25) is 5.91 Å². The Kier molecular flexibility index (Phi) is 5.45. The number of amides is 1. The van der Waals surface area contributed by atoms with Gasteiger partial charge in [0.15, 0.2) is 11.5 Å². The summed E-state index contributed by atoms with van der Waals surface area (Å²) in [5.41, 5.74) is 1.96. The minimum Gasteiger partial charge on any atom is -0.493 e. The largest absolute Gasteiger partial charge is 0.493 e. The molecule has 4 rings (SSSR count). The Hall–Kier alpha value is -3.33. The lowest BCUT2D eigenvalue weighted by molar-refractivity contribution is -0.122. The standard InChI is InChI=1S/C21H22N4O4S/c1-4-14-8-15-18(30-14)9-16-21(27)25(23-12-24(15)16)11-19(26)22-10-13-6-5-7-17(28-2)20(13)29-3/h5-9,12H,4,10-11H2,1-3H3,(H,22,26). The minimum atomic E-state index is -0.319. The number of aryl methyl sites for hydroxylation is 1. The van der Waals surface area contributed by atoms with Crippen LogP contribution in [0.25, 0.3) is 15.7 Å². The molecule has 0 aliphatic rings. The molecular weight excluding hydrogens is 404 g/mol. The average molecular weight is 426 g/mol. The van der Waals surface area contributed by atoms with Crippen molar-refractivity contribution in [1.82, 2.24) is 19.5 Å². The van der Waals surface area contributed by atoms with Gasteiger partial charge < -0.3 is 14.8 Å². The normalized spacial score (nSPS) is 11.2. The maximum absolute atomic E-state index is 12.8. The van der Waals surface area contributed by atoms with E-state index in [0.717, 1.165) is 22.2 Å². The second kappa shape index (κ2) is 8.19. The lowest BCUT2D eigenvalue weighted by Gasteiger charge is -2.13. The van der Waals surface area contributed by atoms with Gasteiger partial charge in [0.05, 0.1) is 24.4 Å². The Morgan fingerprint density at radius 2 is 2.03 bits per heavy atom. The highest BCUT2D eigenvalue weighted by atomic mass is 32.1. The fraction of sp³-hybridized carbons (Fsp3) is 0.286. The molecule has 0 saturated carbocycles. The Labute approximate surface area is 176 Å². The van der Waals surface area contributed by atoms with Crippen LogP contribution in [0.1, 0.15) is 17.4 Å². The van der Waals surface area contributed by atoms with E-state index in [4.69, 9.17) is 9.47 Å². The molecule has 30 heavy (non-hydrogen) atoms. The number of fused-ring (bicyclic) bond motifs is 3. The summed E-state index contributed by atoms with van der Waals surface area (Å²) in [7, 11) is 3.11. The van der Waals surface area contributed by atoms with Gasteiger partial charge >= 0.3 is 0 Å². The van der Waals surface area contributed by atoms with Gasteiger partial charge in [-0.25, -0.2) is 4.68 Å². The Morgan fingerprint density at radius 3 is 2.77 bits per heavy atom. The number of hydrogen-bond donors (Lipinski definition) is 1. The molecule has 1 amide bonds. The number of rotatable bonds is 7. The van der Waals surface area contributed by atoms with E-state index in [1.54, 1.807) is 42.4 Å². The molecule has 0 atom stereocenters. The minimum absolute atomic E-state index is 0.166. The first-order chi connectivity index (χ1) is 14.5. The third-order valence-electron chi connectivity index (χ3n) is 4.94. The highest BCUT2D eigenvalue weighted by Gasteiger charge is 2.14. The molecule has 9 heteroatoms. The molecule has 0 unspecified atom stereocenters. The van der Waals surface area contributed by atoms with Gasteiger partial charge in [0.1, 0.15) is 18.4 Å².